The highest BCUT2D eigenvalue weighted by molar-refractivity contribution is 5.79. The van der Waals surface area contributed by atoms with Crippen molar-refractivity contribution < 1.29 is 9.47 Å². The van der Waals surface area contributed by atoms with E-state index in [9.17, 15) is 0 Å². The SMILES string of the molecule is CN=C(NCc1ccccc1OC)N(C)CCOCC1CC1. The third-order valence-corrected chi connectivity index (χ3v) is 3.82. The zero-order valence-electron chi connectivity index (χ0n) is 13.8. The number of methoxy groups -OCH3 is 1. The van der Waals surface area contributed by atoms with Crippen LogP contribution in [0.15, 0.2) is 29.3 Å². The summed E-state index contributed by atoms with van der Waals surface area (Å²) in [5, 5.41) is 3.36. The average molecular weight is 305 g/mol. The Balaban J connectivity index is 1.75. The van der Waals surface area contributed by atoms with Crippen LogP contribution in [0.3, 0.4) is 0 Å². The van der Waals surface area contributed by atoms with E-state index in [2.05, 4.69) is 21.3 Å². The smallest absolute Gasteiger partial charge is 0.193 e. The Hall–Kier alpha value is -1.75. The maximum Gasteiger partial charge on any atom is 0.193 e. The van der Waals surface area contributed by atoms with E-state index in [1.165, 1.54) is 12.8 Å². The predicted octanol–water partition coefficient (Wildman–Crippen LogP) is 2.13. The number of likely N-dealkylation sites (N-methyl/N-ethyl adjacent to an activating group) is 1. The van der Waals surface area contributed by atoms with Gasteiger partial charge in [0.15, 0.2) is 5.96 Å². The van der Waals surface area contributed by atoms with Gasteiger partial charge < -0.3 is 19.7 Å². The molecule has 0 aromatic heterocycles. The summed E-state index contributed by atoms with van der Waals surface area (Å²) in [4.78, 5) is 6.41. The molecular formula is C17H27N3O2. The molecule has 0 aliphatic heterocycles. The maximum atomic E-state index is 5.68. The number of guanidine groups is 1. The number of para-hydroxylation sites is 1. The molecule has 0 atom stereocenters. The number of aliphatic imine (C=N–C) groups is 1. The molecule has 1 N–H and O–H groups in total. The van der Waals surface area contributed by atoms with Gasteiger partial charge in [-0.05, 0) is 24.8 Å². The van der Waals surface area contributed by atoms with Crippen LogP contribution in [0.4, 0.5) is 0 Å². The molecule has 1 aromatic rings. The van der Waals surface area contributed by atoms with Gasteiger partial charge in [-0.3, -0.25) is 4.99 Å². The monoisotopic (exact) mass is 305 g/mol. The van der Waals surface area contributed by atoms with Gasteiger partial charge >= 0.3 is 0 Å². The van der Waals surface area contributed by atoms with Crippen LogP contribution in [0.5, 0.6) is 5.75 Å². The largest absolute Gasteiger partial charge is 0.496 e. The van der Waals surface area contributed by atoms with E-state index >= 15 is 0 Å². The second-order valence-corrected chi connectivity index (χ2v) is 5.65. The Morgan fingerprint density at radius 3 is 2.82 bits per heavy atom. The molecule has 1 aliphatic rings. The first-order chi connectivity index (χ1) is 10.7. The zero-order valence-corrected chi connectivity index (χ0v) is 13.8. The van der Waals surface area contributed by atoms with Gasteiger partial charge in [0.05, 0.1) is 13.7 Å². The molecule has 1 aromatic carbocycles. The van der Waals surface area contributed by atoms with E-state index < -0.39 is 0 Å². The van der Waals surface area contributed by atoms with Crippen molar-refractivity contribution in [3.63, 3.8) is 0 Å². The lowest BCUT2D eigenvalue weighted by Crippen LogP contribution is -2.40. The van der Waals surface area contributed by atoms with E-state index in [1.54, 1.807) is 14.2 Å². The molecule has 1 saturated carbocycles. The molecule has 0 heterocycles. The minimum absolute atomic E-state index is 0.684. The van der Waals surface area contributed by atoms with E-state index in [4.69, 9.17) is 9.47 Å². The summed E-state index contributed by atoms with van der Waals surface area (Å²) in [7, 11) is 5.52. The van der Waals surface area contributed by atoms with Crippen molar-refractivity contribution in [3.05, 3.63) is 29.8 Å². The van der Waals surface area contributed by atoms with Gasteiger partial charge in [-0.1, -0.05) is 18.2 Å². The fourth-order valence-corrected chi connectivity index (χ4v) is 2.25. The summed E-state index contributed by atoms with van der Waals surface area (Å²) >= 11 is 0. The summed E-state index contributed by atoms with van der Waals surface area (Å²) in [6, 6.07) is 8.01. The van der Waals surface area contributed by atoms with Crippen molar-refractivity contribution in [2.24, 2.45) is 10.9 Å². The molecule has 0 unspecified atom stereocenters. The van der Waals surface area contributed by atoms with Crippen molar-refractivity contribution in [2.45, 2.75) is 19.4 Å². The van der Waals surface area contributed by atoms with Gasteiger partial charge in [-0.15, -0.1) is 0 Å². The van der Waals surface area contributed by atoms with E-state index in [-0.39, 0.29) is 0 Å². The maximum absolute atomic E-state index is 5.68. The summed E-state index contributed by atoms with van der Waals surface area (Å²) in [5.74, 6) is 2.56. The topological polar surface area (TPSA) is 46.1 Å². The number of rotatable bonds is 8. The van der Waals surface area contributed by atoms with Crippen LogP contribution < -0.4 is 10.1 Å². The second-order valence-electron chi connectivity index (χ2n) is 5.65. The minimum atomic E-state index is 0.684. The lowest BCUT2D eigenvalue weighted by Gasteiger charge is -2.22. The van der Waals surface area contributed by atoms with Crippen LogP contribution in [-0.2, 0) is 11.3 Å². The van der Waals surface area contributed by atoms with Crippen LogP contribution in [0.2, 0.25) is 0 Å². The lowest BCUT2D eigenvalue weighted by atomic mass is 10.2. The Labute approximate surface area is 133 Å². The van der Waals surface area contributed by atoms with Crippen LogP contribution in [0.1, 0.15) is 18.4 Å². The summed E-state index contributed by atoms with van der Waals surface area (Å²) in [6.45, 7) is 3.16. The molecule has 0 radical (unpaired) electrons. The fourth-order valence-electron chi connectivity index (χ4n) is 2.25. The number of ether oxygens (including phenoxy) is 2. The molecule has 0 spiro atoms. The second kappa shape index (κ2) is 8.63. The highest BCUT2D eigenvalue weighted by Crippen LogP contribution is 2.28. The number of nitrogens with zero attached hydrogens (tertiary/aromatic N) is 2. The van der Waals surface area contributed by atoms with Crippen LogP contribution >= 0.6 is 0 Å². The highest BCUT2D eigenvalue weighted by atomic mass is 16.5. The summed E-state index contributed by atoms with van der Waals surface area (Å²) in [6.07, 6.45) is 2.66. The van der Waals surface area contributed by atoms with Gasteiger partial charge in [0.2, 0.25) is 0 Å². The fraction of sp³-hybridized carbons (Fsp3) is 0.588. The van der Waals surface area contributed by atoms with Gasteiger partial charge in [-0.25, -0.2) is 0 Å². The molecular weight excluding hydrogens is 278 g/mol. The quantitative estimate of drug-likeness (QED) is 0.454. The third kappa shape index (κ3) is 5.22. The Kier molecular flexibility index (Phi) is 6.52. The number of hydrogen-bond acceptors (Lipinski definition) is 3. The molecule has 1 fully saturated rings. The first kappa shape index (κ1) is 16.6. The molecule has 0 saturated heterocycles. The van der Waals surface area contributed by atoms with E-state index in [1.807, 2.05) is 25.2 Å². The average Bonchev–Trinajstić information content (AvgIpc) is 3.37. The van der Waals surface area contributed by atoms with Crippen molar-refractivity contribution in [3.8, 4) is 5.75 Å². The first-order valence-electron chi connectivity index (χ1n) is 7.86. The van der Waals surface area contributed by atoms with Crippen molar-refractivity contribution in [1.82, 2.24) is 10.2 Å². The first-order valence-corrected chi connectivity index (χ1v) is 7.86. The Bertz CT molecular complexity index is 487. The van der Waals surface area contributed by atoms with Gasteiger partial charge in [-0.2, -0.15) is 0 Å². The predicted molar refractivity (Wildman–Crippen MR) is 89.4 cm³/mol. The van der Waals surface area contributed by atoms with Gasteiger partial charge in [0.1, 0.15) is 5.75 Å². The lowest BCUT2D eigenvalue weighted by molar-refractivity contribution is 0.115. The van der Waals surface area contributed by atoms with E-state index in [0.717, 1.165) is 42.9 Å². The molecule has 122 valence electrons. The van der Waals surface area contributed by atoms with Crippen LogP contribution in [0, 0.1) is 5.92 Å². The van der Waals surface area contributed by atoms with Gasteiger partial charge in [0.25, 0.3) is 0 Å². The van der Waals surface area contributed by atoms with Crippen molar-refractivity contribution in [2.75, 3.05) is 41.0 Å². The standard InChI is InChI=1S/C17H27N3O2/c1-18-17(20(2)10-11-22-13-14-8-9-14)19-12-15-6-4-5-7-16(15)21-3/h4-7,14H,8-13H2,1-3H3,(H,18,19). The van der Waals surface area contributed by atoms with Crippen molar-refractivity contribution >= 4 is 5.96 Å². The Morgan fingerprint density at radius 1 is 1.36 bits per heavy atom. The summed E-state index contributed by atoms with van der Waals surface area (Å²) in [5.41, 5.74) is 1.12. The number of hydrogen-bond donors (Lipinski definition) is 1. The molecule has 5 nitrogen and oxygen atoms in total. The van der Waals surface area contributed by atoms with Crippen LogP contribution in [0.25, 0.3) is 0 Å². The minimum Gasteiger partial charge on any atom is -0.496 e. The van der Waals surface area contributed by atoms with E-state index in [0.29, 0.717) is 6.54 Å². The zero-order chi connectivity index (χ0) is 15.8. The highest BCUT2D eigenvalue weighted by Gasteiger charge is 2.21. The molecule has 0 amide bonds. The van der Waals surface area contributed by atoms with Gasteiger partial charge in [0, 0.05) is 39.4 Å². The molecule has 5 heteroatoms. The van der Waals surface area contributed by atoms with Crippen molar-refractivity contribution in [1.29, 1.82) is 0 Å². The third-order valence-electron chi connectivity index (χ3n) is 3.82. The molecule has 0 bridgehead atoms. The molecule has 2 rings (SSSR count). The number of nitrogens with one attached hydrogen (secondary N) is 1. The Morgan fingerprint density at radius 2 is 2.14 bits per heavy atom. The number of benzene rings is 1. The molecule has 1 aliphatic carbocycles. The summed E-state index contributed by atoms with van der Waals surface area (Å²) < 4.78 is 11.0. The van der Waals surface area contributed by atoms with Crippen LogP contribution in [-0.4, -0.2) is 51.8 Å². The molecule has 22 heavy (non-hydrogen) atoms. The normalized spacial score (nSPS) is 14.8.